The first kappa shape index (κ1) is 21.7. The van der Waals surface area contributed by atoms with Gasteiger partial charge in [0.1, 0.15) is 0 Å². The minimum atomic E-state index is -4.45. The molecule has 0 saturated carbocycles. The lowest BCUT2D eigenvalue weighted by Crippen LogP contribution is -2.23. The molecule has 0 unspecified atom stereocenters. The van der Waals surface area contributed by atoms with Crippen LogP contribution in [0.2, 0.25) is 0 Å². The van der Waals surface area contributed by atoms with Crippen molar-refractivity contribution in [3.05, 3.63) is 59.2 Å². The van der Waals surface area contributed by atoms with E-state index in [0.29, 0.717) is 5.69 Å². The minimum Gasteiger partial charge on any atom is -0.465 e. The van der Waals surface area contributed by atoms with Gasteiger partial charge in [-0.2, -0.15) is 13.2 Å². The molecular weight excluding hydrogens is 393 g/mol. The van der Waals surface area contributed by atoms with Crippen molar-refractivity contribution in [2.75, 3.05) is 31.4 Å². The first-order valence-corrected chi connectivity index (χ1v) is 8.17. The van der Waals surface area contributed by atoms with E-state index in [1.54, 1.807) is 0 Å². The number of ether oxygens (including phenoxy) is 2. The Morgan fingerprint density at radius 2 is 1.55 bits per heavy atom. The van der Waals surface area contributed by atoms with Crippen molar-refractivity contribution in [2.45, 2.75) is 6.18 Å². The lowest BCUT2D eigenvalue weighted by molar-refractivity contribution is -0.137. The van der Waals surface area contributed by atoms with Gasteiger partial charge in [-0.25, -0.2) is 9.59 Å². The average molecular weight is 410 g/mol. The van der Waals surface area contributed by atoms with E-state index in [4.69, 9.17) is 0 Å². The number of methoxy groups -OCH3 is 2. The van der Waals surface area contributed by atoms with E-state index in [0.717, 1.165) is 19.2 Å². The Kier molecular flexibility index (Phi) is 6.81. The number of hydrogen-bond donors (Lipinski definition) is 2. The Morgan fingerprint density at radius 3 is 2.10 bits per heavy atom. The van der Waals surface area contributed by atoms with Gasteiger partial charge in [-0.05, 0) is 42.5 Å². The van der Waals surface area contributed by atoms with Crippen LogP contribution < -0.4 is 10.6 Å². The van der Waals surface area contributed by atoms with E-state index in [9.17, 15) is 27.6 Å². The van der Waals surface area contributed by atoms with Crippen molar-refractivity contribution in [3.63, 3.8) is 0 Å². The summed E-state index contributed by atoms with van der Waals surface area (Å²) in [6.07, 6.45) is -4.45. The maximum Gasteiger partial charge on any atom is 0.416 e. The van der Waals surface area contributed by atoms with E-state index in [1.807, 2.05) is 0 Å². The topological polar surface area (TPSA) is 93.7 Å². The van der Waals surface area contributed by atoms with Crippen LogP contribution in [0.4, 0.5) is 24.5 Å². The number of benzene rings is 2. The molecular formula is C19H17F3N2O5. The normalized spacial score (nSPS) is 10.8. The molecule has 0 atom stereocenters. The van der Waals surface area contributed by atoms with Gasteiger partial charge in [0.2, 0.25) is 5.91 Å². The number of anilines is 2. The van der Waals surface area contributed by atoms with Crippen molar-refractivity contribution < 1.29 is 37.0 Å². The van der Waals surface area contributed by atoms with Crippen molar-refractivity contribution in [1.82, 2.24) is 0 Å². The summed E-state index contributed by atoms with van der Waals surface area (Å²) >= 11 is 0. The van der Waals surface area contributed by atoms with E-state index >= 15 is 0 Å². The van der Waals surface area contributed by atoms with Crippen LogP contribution in [0.1, 0.15) is 26.3 Å². The van der Waals surface area contributed by atoms with Crippen LogP contribution >= 0.6 is 0 Å². The Morgan fingerprint density at radius 1 is 0.931 bits per heavy atom. The molecule has 0 aliphatic carbocycles. The average Bonchev–Trinajstić information content (AvgIpc) is 2.70. The van der Waals surface area contributed by atoms with Gasteiger partial charge in [-0.3, -0.25) is 4.79 Å². The van der Waals surface area contributed by atoms with Crippen molar-refractivity contribution in [2.24, 2.45) is 0 Å². The van der Waals surface area contributed by atoms with Crippen LogP contribution in [0.3, 0.4) is 0 Å². The van der Waals surface area contributed by atoms with E-state index < -0.39 is 29.6 Å². The molecule has 0 aromatic heterocycles. The highest BCUT2D eigenvalue weighted by Gasteiger charge is 2.29. The Hall–Kier alpha value is -3.56. The summed E-state index contributed by atoms with van der Waals surface area (Å²) in [6.45, 7) is -0.297. The fraction of sp³-hybridized carbons (Fsp3) is 0.211. The lowest BCUT2D eigenvalue weighted by atomic mass is 10.1. The van der Waals surface area contributed by atoms with Gasteiger partial charge in [0.05, 0.1) is 43.1 Å². The van der Waals surface area contributed by atoms with Gasteiger partial charge in [0, 0.05) is 5.69 Å². The highest BCUT2D eigenvalue weighted by molar-refractivity contribution is 6.04. The predicted molar refractivity (Wildman–Crippen MR) is 97.7 cm³/mol. The summed E-state index contributed by atoms with van der Waals surface area (Å²) in [7, 11) is 2.34. The largest absolute Gasteiger partial charge is 0.465 e. The molecule has 0 heterocycles. The molecule has 10 heteroatoms. The van der Waals surface area contributed by atoms with Crippen LogP contribution in [0, 0.1) is 0 Å². The van der Waals surface area contributed by atoms with E-state index in [-0.39, 0.29) is 23.4 Å². The van der Waals surface area contributed by atoms with Gasteiger partial charge in [0.15, 0.2) is 0 Å². The van der Waals surface area contributed by atoms with Crippen LogP contribution in [0.25, 0.3) is 0 Å². The third-order valence-corrected chi connectivity index (χ3v) is 3.79. The second-order valence-electron chi connectivity index (χ2n) is 5.72. The molecule has 2 aromatic rings. The summed E-state index contributed by atoms with van der Waals surface area (Å²) in [5.74, 6) is -2.00. The van der Waals surface area contributed by atoms with Crippen LogP contribution in [0.5, 0.6) is 0 Å². The van der Waals surface area contributed by atoms with Gasteiger partial charge < -0.3 is 20.1 Å². The van der Waals surface area contributed by atoms with Crippen LogP contribution in [-0.2, 0) is 20.4 Å². The number of nitrogens with one attached hydrogen (secondary N) is 2. The quantitative estimate of drug-likeness (QED) is 0.710. The molecule has 0 aliphatic heterocycles. The maximum atomic E-state index is 12.6. The smallest absolute Gasteiger partial charge is 0.416 e. The molecule has 0 bridgehead atoms. The second-order valence-corrected chi connectivity index (χ2v) is 5.72. The molecule has 154 valence electrons. The zero-order valence-electron chi connectivity index (χ0n) is 15.4. The molecule has 7 nitrogen and oxygen atoms in total. The predicted octanol–water partition coefficient (Wildman–Crippen LogP) is 3.33. The molecule has 0 aliphatic rings. The third-order valence-electron chi connectivity index (χ3n) is 3.79. The van der Waals surface area contributed by atoms with E-state index in [2.05, 4.69) is 20.1 Å². The number of carbonyl (C=O) groups is 3. The zero-order valence-corrected chi connectivity index (χ0v) is 15.4. The number of hydrogen-bond acceptors (Lipinski definition) is 6. The van der Waals surface area contributed by atoms with Gasteiger partial charge in [-0.1, -0.05) is 0 Å². The van der Waals surface area contributed by atoms with Crippen molar-refractivity contribution in [1.29, 1.82) is 0 Å². The fourth-order valence-corrected chi connectivity index (χ4v) is 2.33. The van der Waals surface area contributed by atoms with Crippen LogP contribution in [-0.4, -0.2) is 38.6 Å². The first-order valence-electron chi connectivity index (χ1n) is 8.17. The number of amides is 1. The van der Waals surface area contributed by atoms with Crippen molar-refractivity contribution in [3.8, 4) is 0 Å². The molecule has 2 aromatic carbocycles. The maximum absolute atomic E-state index is 12.6. The Bertz CT molecular complexity index is 911. The standard InChI is InChI=1S/C19H17F3N2O5/c1-28-17(26)11-3-8-14(18(27)29-2)15(9-11)24-16(25)10-23-13-6-4-12(5-7-13)19(20,21)22/h3-9,23H,10H2,1-2H3,(H,24,25). The van der Waals surface area contributed by atoms with Gasteiger partial charge in [-0.15, -0.1) is 0 Å². The highest BCUT2D eigenvalue weighted by Crippen LogP contribution is 2.29. The zero-order chi connectivity index (χ0) is 21.6. The summed E-state index contributed by atoms with van der Waals surface area (Å²) < 4.78 is 46.9. The van der Waals surface area contributed by atoms with Crippen molar-refractivity contribution >= 4 is 29.2 Å². The molecule has 0 spiro atoms. The number of halogens is 3. The molecule has 0 fully saturated rings. The molecule has 1 amide bonds. The summed E-state index contributed by atoms with van der Waals surface area (Å²) in [5, 5.41) is 5.13. The monoisotopic (exact) mass is 410 g/mol. The lowest BCUT2D eigenvalue weighted by Gasteiger charge is -2.13. The Labute approximate surface area is 163 Å². The summed E-state index contributed by atoms with van der Waals surface area (Å²) in [5.41, 5.74) is -0.368. The molecule has 29 heavy (non-hydrogen) atoms. The van der Waals surface area contributed by atoms with Gasteiger partial charge >= 0.3 is 18.1 Å². The summed E-state index contributed by atoms with van der Waals surface area (Å²) in [4.78, 5) is 35.7. The number of rotatable bonds is 6. The van der Waals surface area contributed by atoms with Crippen LogP contribution in [0.15, 0.2) is 42.5 Å². The van der Waals surface area contributed by atoms with Gasteiger partial charge in [0.25, 0.3) is 0 Å². The molecule has 2 N–H and O–H groups in total. The molecule has 0 radical (unpaired) electrons. The first-order chi connectivity index (χ1) is 13.7. The minimum absolute atomic E-state index is 0.0167. The number of carbonyl (C=O) groups excluding carboxylic acids is 3. The number of alkyl halides is 3. The second kappa shape index (κ2) is 9.09. The number of esters is 2. The Balaban J connectivity index is 2.10. The fourth-order valence-electron chi connectivity index (χ4n) is 2.33. The third kappa shape index (κ3) is 5.71. The molecule has 0 saturated heterocycles. The summed E-state index contributed by atoms with van der Waals surface area (Å²) in [6, 6.07) is 8.05. The molecule has 2 rings (SSSR count). The SMILES string of the molecule is COC(=O)c1ccc(C(=O)OC)c(NC(=O)CNc2ccc(C(F)(F)F)cc2)c1. The van der Waals surface area contributed by atoms with E-state index in [1.165, 1.54) is 37.4 Å². The highest BCUT2D eigenvalue weighted by atomic mass is 19.4.